The molecule has 0 radical (unpaired) electrons. The lowest BCUT2D eigenvalue weighted by Crippen LogP contribution is -2.51. The first-order chi connectivity index (χ1) is 7.50. The van der Waals surface area contributed by atoms with Gasteiger partial charge in [0.15, 0.2) is 5.41 Å². The number of benzene rings is 1. The molecule has 0 saturated carbocycles. The Morgan fingerprint density at radius 3 is 1.71 bits per heavy atom. The minimum Gasteiger partial charge on any atom is -0.170 e. The highest BCUT2D eigenvalue weighted by atomic mass is 19.4. The summed E-state index contributed by atoms with van der Waals surface area (Å²) in [4.78, 5) is 0. The van der Waals surface area contributed by atoms with Gasteiger partial charge in [-0.1, -0.05) is 29.8 Å². The van der Waals surface area contributed by atoms with E-state index < -0.39 is 23.3 Å². The fraction of sp³-hybridized carbons (Fsp3) is 0.455. The molecule has 0 aliphatic rings. The Labute approximate surface area is 94.2 Å². The molecule has 0 fully saturated rings. The first-order valence-electron chi connectivity index (χ1n) is 4.71. The Kier molecular flexibility index (Phi) is 3.20. The van der Waals surface area contributed by atoms with Gasteiger partial charge in [0.25, 0.3) is 0 Å². The molecule has 0 N–H and O–H groups in total. The fourth-order valence-electron chi connectivity index (χ4n) is 1.44. The summed E-state index contributed by atoms with van der Waals surface area (Å²) in [5.41, 5.74) is -4.29. The van der Waals surface area contributed by atoms with Crippen LogP contribution in [0.5, 0.6) is 0 Å². The van der Waals surface area contributed by atoms with Gasteiger partial charge in [-0.05, 0) is 19.4 Å². The van der Waals surface area contributed by atoms with Crippen LogP contribution < -0.4 is 0 Å². The van der Waals surface area contributed by atoms with Gasteiger partial charge in [0.05, 0.1) is 0 Å². The molecule has 0 aliphatic carbocycles. The zero-order valence-corrected chi connectivity index (χ0v) is 9.08. The van der Waals surface area contributed by atoms with Crippen molar-refractivity contribution in [2.75, 3.05) is 0 Å². The van der Waals surface area contributed by atoms with Gasteiger partial charge in [-0.2, -0.15) is 26.3 Å². The molecule has 96 valence electrons. The van der Waals surface area contributed by atoms with Gasteiger partial charge in [-0.3, -0.25) is 0 Å². The number of halogens is 6. The third-order valence-electron chi connectivity index (χ3n) is 2.73. The predicted octanol–water partition coefficient (Wildman–Crippen LogP) is 4.38. The second-order valence-electron chi connectivity index (χ2n) is 3.99. The van der Waals surface area contributed by atoms with Crippen LogP contribution >= 0.6 is 0 Å². The largest absolute Gasteiger partial charge is 0.406 e. The number of hydrogen-bond donors (Lipinski definition) is 0. The molecule has 17 heavy (non-hydrogen) atoms. The Morgan fingerprint density at radius 1 is 0.882 bits per heavy atom. The Hall–Kier alpha value is -1.20. The standard InChI is InChI=1S/C11H10F6/c1-7-4-3-5-8(6-7)9(2,10(12,13)14)11(15,16)17/h3-6H,1-2H3. The normalized spacial score (nSPS) is 13.9. The summed E-state index contributed by atoms with van der Waals surface area (Å²) >= 11 is 0. The lowest BCUT2D eigenvalue weighted by Gasteiger charge is -2.34. The van der Waals surface area contributed by atoms with Crippen LogP contribution in [0.25, 0.3) is 0 Å². The third-order valence-corrected chi connectivity index (χ3v) is 2.73. The van der Waals surface area contributed by atoms with Crippen molar-refractivity contribution in [3.63, 3.8) is 0 Å². The average Bonchev–Trinajstić information content (AvgIpc) is 2.12. The van der Waals surface area contributed by atoms with Gasteiger partial charge < -0.3 is 0 Å². The summed E-state index contributed by atoms with van der Waals surface area (Å²) in [6.07, 6.45) is -10.8. The molecular formula is C11H10F6. The molecule has 0 bridgehead atoms. The Balaban J connectivity index is 3.46. The van der Waals surface area contributed by atoms with Crippen LogP contribution in [-0.4, -0.2) is 12.4 Å². The van der Waals surface area contributed by atoms with Crippen LogP contribution in [0.2, 0.25) is 0 Å². The quantitative estimate of drug-likeness (QED) is 0.654. The summed E-state index contributed by atoms with van der Waals surface area (Å²) in [7, 11) is 0. The lowest BCUT2D eigenvalue weighted by atomic mass is 9.80. The van der Waals surface area contributed by atoms with Crippen molar-refractivity contribution < 1.29 is 26.3 Å². The first kappa shape index (κ1) is 13.9. The van der Waals surface area contributed by atoms with E-state index in [-0.39, 0.29) is 6.92 Å². The number of alkyl halides is 6. The minimum atomic E-state index is -5.39. The van der Waals surface area contributed by atoms with E-state index in [9.17, 15) is 26.3 Å². The average molecular weight is 256 g/mol. The predicted molar refractivity (Wildman–Crippen MR) is 50.6 cm³/mol. The van der Waals surface area contributed by atoms with Gasteiger partial charge in [0.1, 0.15) is 0 Å². The maximum absolute atomic E-state index is 12.7. The number of hydrogen-bond acceptors (Lipinski definition) is 0. The molecule has 1 aromatic rings. The highest BCUT2D eigenvalue weighted by Gasteiger charge is 2.68. The van der Waals surface area contributed by atoms with Gasteiger partial charge in [0, 0.05) is 0 Å². The highest BCUT2D eigenvalue weighted by molar-refractivity contribution is 5.32. The summed E-state index contributed by atoms with van der Waals surface area (Å²) in [6, 6.07) is 4.37. The van der Waals surface area contributed by atoms with Crippen LogP contribution in [0, 0.1) is 6.92 Å². The zero-order chi connectivity index (χ0) is 13.5. The maximum Gasteiger partial charge on any atom is 0.406 e. The lowest BCUT2D eigenvalue weighted by molar-refractivity contribution is -0.297. The van der Waals surface area contributed by atoms with Crippen LogP contribution in [0.15, 0.2) is 24.3 Å². The molecule has 0 spiro atoms. The van der Waals surface area contributed by atoms with Crippen molar-refractivity contribution in [2.45, 2.75) is 31.6 Å². The molecule has 1 aromatic carbocycles. The van der Waals surface area contributed by atoms with Crippen molar-refractivity contribution in [3.8, 4) is 0 Å². The van der Waals surface area contributed by atoms with Crippen LogP contribution in [0.1, 0.15) is 18.1 Å². The monoisotopic (exact) mass is 256 g/mol. The first-order valence-corrected chi connectivity index (χ1v) is 4.71. The van der Waals surface area contributed by atoms with Crippen molar-refractivity contribution in [1.82, 2.24) is 0 Å². The number of aryl methyl sites for hydroxylation is 1. The summed E-state index contributed by atoms with van der Waals surface area (Å²) < 4.78 is 76.2. The topological polar surface area (TPSA) is 0 Å². The second-order valence-corrected chi connectivity index (χ2v) is 3.99. The van der Waals surface area contributed by atoms with Gasteiger partial charge in [0.2, 0.25) is 0 Å². The minimum absolute atomic E-state index is 0.155. The van der Waals surface area contributed by atoms with Crippen molar-refractivity contribution in [3.05, 3.63) is 35.4 Å². The molecule has 1 rings (SSSR count). The van der Waals surface area contributed by atoms with E-state index in [0.29, 0.717) is 5.56 Å². The van der Waals surface area contributed by atoms with E-state index in [1.54, 1.807) is 0 Å². The molecule has 6 heteroatoms. The van der Waals surface area contributed by atoms with Crippen LogP contribution in [0.4, 0.5) is 26.3 Å². The van der Waals surface area contributed by atoms with E-state index in [4.69, 9.17) is 0 Å². The van der Waals surface area contributed by atoms with E-state index in [1.165, 1.54) is 19.1 Å². The van der Waals surface area contributed by atoms with E-state index in [2.05, 4.69) is 0 Å². The Morgan fingerprint density at radius 2 is 1.35 bits per heavy atom. The summed E-state index contributed by atoms with van der Waals surface area (Å²) in [5, 5.41) is 0. The molecule has 0 amide bonds. The molecular weight excluding hydrogens is 246 g/mol. The zero-order valence-electron chi connectivity index (χ0n) is 9.08. The number of rotatable bonds is 1. The summed E-state index contributed by atoms with van der Waals surface area (Å²) in [5.74, 6) is 0. The van der Waals surface area contributed by atoms with E-state index >= 15 is 0 Å². The van der Waals surface area contributed by atoms with Gasteiger partial charge in [-0.15, -0.1) is 0 Å². The van der Waals surface area contributed by atoms with Crippen molar-refractivity contribution in [2.24, 2.45) is 0 Å². The van der Waals surface area contributed by atoms with Gasteiger partial charge >= 0.3 is 12.4 Å². The highest BCUT2D eigenvalue weighted by Crippen LogP contribution is 2.51. The van der Waals surface area contributed by atoms with Gasteiger partial charge in [-0.25, -0.2) is 0 Å². The molecule has 0 aromatic heterocycles. The maximum atomic E-state index is 12.7. The molecule has 0 saturated heterocycles. The second kappa shape index (κ2) is 3.92. The van der Waals surface area contributed by atoms with Crippen molar-refractivity contribution in [1.29, 1.82) is 0 Å². The molecule has 0 aliphatic heterocycles. The molecule has 0 atom stereocenters. The van der Waals surface area contributed by atoms with E-state index in [0.717, 1.165) is 12.1 Å². The van der Waals surface area contributed by atoms with E-state index in [1.807, 2.05) is 0 Å². The molecule has 0 heterocycles. The Bertz CT molecular complexity index is 387. The molecule has 0 unspecified atom stereocenters. The third kappa shape index (κ3) is 2.25. The smallest absolute Gasteiger partial charge is 0.170 e. The fourth-order valence-corrected chi connectivity index (χ4v) is 1.44. The van der Waals surface area contributed by atoms with Crippen molar-refractivity contribution >= 4 is 0 Å². The molecule has 0 nitrogen and oxygen atoms in total. The SMILES string of the molecule is Cc1cccc(C(C)(C(F)(F)F)C(F)(F)F)c1. The van der Waals surface area contributed by atoms with Crippen LogP contribution in [-0.2, 0) is 5.41 Å². The van der Waals surface area contributed by atoms with Crippen LogP contribution in [0.3, 0.4) is 0 Å². The summed E-state index contributed by atoms with van der Waals surface area (Å²) in [6.45, 7) is 1.60.